The molecule has 0 saturated heterocycles. The van der Waals surface area contributed by atoms with Gasteiger partial charge in [0, 0.05) is 11.7 Å². The third kappa shape index (κ3) is 3.76. The molecule has 116 valence electrons. The van der Waals surface area contributed by atoms with Gasteiger partial charge in [-0.25, -0.2) is 4.79 Å². The molecular formula is C13H22BN3O4. The van der Waals surface area contributed by atoms with E-state index in [1.807, 2.05) is 20.8 Å². The first-order chi connectivity index (χ1) is 9.72. The molecule has 1 aliphatic carbocycles. The maximum atomic E-state index is 12.0. The summed E-state index contributed by atoms with van der Waals surface area (Å²) in [4.78, 5) is 16.3. The van der Waals surface area contributed by atoms with Crippen molar-refractivity contribution >= 4 is 19.4 Å². The van der Waals surface area contributed by atoms with E-state index in [1.54, 1.807) is 0 Å². The highest BCUT2D eigenvalue weighted by atomic mass is 16.6. The maximum absolute atomic E-state index is 12.0. The van der Waals surface area contributed by atoms with E-state index in [-0.39, 0.29) is 11.6 Å². The van der Waals surface area contributed by atoms with Gasteiger partial charge in [-0.15, -0.1) is 0 Å². The molecule has 2 aliphatic rings. The predicted molar refractivity (Wildman–Crippen MR) is 79.6 cm³/mol. The van der Waals surface area contributed by atoms with Gasteiger partial charge in [-0.05, 0) is 46.2 Å². The highest BCUT2D eigenvalue weighted by Gasteiger charge is 2.46. The van der Waals surface area contributed by atoms with E-state index < -0.39 is 24.4 Å². The van der Waals surface area contributed by atoms with Crippen LogP contribution in [0.15, 0.2) is 16.7 Å². The first-order valence-electron chi connectivity index (χ1n) is 7.08. The fraction of sp³-hybridized carbons (Fsp3) is 0.692. The Morgan fingerprint density at radius 3 is 2.57 bits per heavy atom. The molecule has 0 spiro atoms. The number of carbonyl (C=O) groups excluding carboxylic acids is 1. The molecule has 0 radical (unpaired) electrons. The fourth-order valence-electron chi connectivity index (χ4n) is 2.39. The Labute approximate surface area is 124 Å². The summed E-state index contributed by atoms with van der Waals surface area (Å²) in [5.41, 5.74) is -0.744. The van der Waals surface area contributed by atoms with E-state index in [1.165, 1.54) is 12.4 Å². The van der Waals surface area contributed by atoms with Crippen LogP contribution in [0.2, 0.25) is 0 Å². The van der Waals surface area contributed by atoms with E-state index >= 15 is 0 Å². The van der Waals surface area contributed by atoms with Crippen molar-refractivity contribution < 1.29 is 19.6 Å². The standard InChI is InChI=1S/C13H22BN3O4/c1-12(2,3)21-11(18)17-13(5-4-6-13)10-15-7-9(8-16-10)14(19)20/h7-8,10,15,19-20H,4-6H2,1-3H3,(H,17,18). The Balaban J connectivity index is 2.00. The highest BCUT2D eigenvalue weighted by Crippen LogP contribution is 2.36. The predicted octanol–water partition coefficient (Wildman–Crippen LogP) is 0.330. The summed E-state index contributed by atoms with van der Waals surface area (Å²) in [5, 5.41) is 24.1. The van der Waals surface area contributed by atoms with E-state index in [9.17, 15) is 4.79 Å². The molecule has 8 heteroatoms. The lowest BCUT2D eigenvalue weighted by atomic mass is 9.73. The van der Waals surface area contributed by atoms with E-state index in [0.717, 1.165) is 19.3 Å². The number of alkyl carbamates (subject to hydrolysis) is 1. The zero-order valence-corrected chi connectivity index (χ0v) is 12.6. The zero-order chi connectivity index (χ0) is 15.7. The van der Waals surface area contributed by atoms with Gasteiger partial charge in [0.15, 0.2) is 0 Å². The average Bonchev–Trinajstić information content (AvgIpc) is 2.32. The largest absolute Gasteiger partial charge is 0.491 e. The number of nitrogens with zero attached hydrogens (tertiary/aromatic N) is 1. The van der Waals surface area contributed by atoms with Crippen LogP contribution in [0.1, 0.15) is 40.0 Å². The molecular weight excluding hydrogens is 273 g/mol. The number of ether oxygens (including phenoxy) is 1. The average molecular weight is 295 g/mol. The minimum Gasteiger partial charge on any atom is -0.444 e. The van der Waals surface area contributed by atoms with Gasteiger partial charge in [0.1, 0.15) is 11.8 Å². The molecule has 2 rings (SSSR count). The number of hydrogen-bond donors (Lipinski definition) is 4. The number of nitrogens with one attached hydrogen (secondary N) is 2. The summed E-state index contributed by atoms with van der Waals surface area (Å²) in [6.07, 6.45) is 4.74. The SMILES string of the molecule is CC(C)(C)OC(=O)NC1(C2N=CC(B(O)O)=CN2)CCC1. The summed E-state index contributed by atoms with van der Waals surface area (Å²) in [6.45, 7) is 5.44. The monoisotopic (exact) mass is 295 g/mol. The number of rotatable bonds is 3. The molecule has 0 aromatic rings. The molecule has 0 bridgehead atoms. The highest BCUT2D eigenvalue weighted by molar-refractivity contribution is 6.57. The normalized spacial score (nSPS) is 23.5. The lowest BCUT2D eigenvalue weighted by Crippen LogP contribution is -2.64. The van der Waals surface area contributed by atoms with Gasteiger partial charge >= 0.3 is 13.2 Å². The molecule has 1 amide bonds. The number of aliphatic imine (C=N–C) groups is 1. The third-order valence-corrected chi connectivity index (χ3v) is 3.60. The van der Waals surface area contributed by atoms with Crippen LogP contribution in [0.25, 0.3) is 0 Å². The van der Waals surface area contributed by atoms with Crippen LogP contribution in [0, 0.1) is 0 Å². The van der Waals surface area contributed by atoms with E-state index in [4.69, 9.17) is 14.8 Å². The Bertz CT molecular complexity index is 467. The lowest BCUT2D eigenvalue weighted by molar-refractivity contribution is 0.0330. The van der Waals surface area contributed by atoms with Gasteiger partial charge in [-0.2, -0.15) is 0 Å². The molecule has 0 aromatic heterocycles. The maximum Gasteiger partial charge on any atom is 0.491 e. The van der Waals surface area contributed by atoms with Crippen LogP contribution >= 0.6 is 0 Å². The molecule has 1 fully saturated rings. The van der Waals surface area contributed by atoms with E-state index in [0.29, 0.717) is 0 Å². The van der Waals surface area contributed by atoms with Gasteiger partial charge in [-0.3, -0.25) is 4.99 Å². The number of carbonyl (C=O) groups is 1. The van der Waals surface area contributed by atoms with Crippen molar-refractivity contribution in [1.82, 2.24) is 10.6 Å². The second kappa shape index (κ2) is 5.69. The summed E-state index contributed by atoms with van der Waals surface area (Å²) >= 11 is 0. The van der Waals surface area contributed by atoms with Gasteiger partial charge in [0.05, 0.1) is 5.54 Å². The summed E-state index contributed by atoms with van der Waals surface area (Å²) in [5.74, 6) is 0. The second-order valence-corrected chi connectivity index (χ2v) is 6.50. The number of allylic oxidation sites excluding steroid dienone is 1. The van der Waals surface area contributed by atoms with Crippen LogP contribution in [0.5, 0.6) is 0 Å². The van der Waals surface area contributed by atoms with Crippen LogP contribution in [0.4, 0.5) is 4.79 Å². The van der Waals surface area contributed by atoms with Crippen molar-refractivity contribution in [3.05, 3.63) is 11.7 Å². The van der Waals surface area contributed by atoms with Crippen LogP contribution in [0.3, 0.4) is 0 Å². The Hall–Kier alpha value is -1.54. The molecule has 1 aliphatic heterocycles. The van der Waals surface area contributed by atoms with Crippen molar-refractivity contribution in [2.75, 3.05) is 0 Å². The molecule has 1 unspecified atom stereocenters. The van der Waals surface area contributed by atoms with Crippen LogP contribution < -0.4 is 10.6 Å². The summed E-state index contributed by atoms with van der Waals surface area (Å²) in [6, 6.07) is 0. The van der Waals surface area contributed by atoms with Crippen molar-refractivity contribution in [2.45, 2.75) is 57.3 Å². The molecule has 0 aromatic carbocycles. The van der Waals surface area contributed by atoms with Gasteiger partial charge in [0.25, 0.3) is 0 Å². The molecule has 1 atom stereocenters. The quantitative estimate of drug-likeness (QED) is 0.562. The molecule has 21 heavy (non-hydrogen) atoms. The van der Waals surface area contributed by atoms with Gasteiger partial charge in [0.2, 0.25) is 0 Å². The van der Waals surface area contributed by atoms with Crippen molar-refractivity contribution in [1.29, 1.82) is 0 Å². The zero-order valence-electron chi connectivity index (χ0n) is 12.6. The molecule has 4 N–H and O–H groups in total. The molecule has 1 heterocycles. The lowest BCUT2D eigenvalue weighted by Gasteiger charge is -2.47. The summed E-state index contributed by atoms with van der Waals surface area (Å²) in [7, 11) is -1.56. The van der Waals surface area contributed by atoms with Crippen LogP contribution in [-0.2, 0) is 4.74 Å². The van der Waals surface area contributed by atoms with Gasteiger partial charge < -0.3 is 25.4 Å². The fourth-order valence-corrected chi connectivity index (χ4v) is 2.39. The number of hydrogen-bond acceptors (Lipinski definition) is 6. The second-order valence-electron chi connectivity index (χ2n) is 6.50. The first kappa shape index (κ1) is 15.8. The minimum atomic E-state index is -1.56. The Morgan fingerprint density at radius 2 is 2.19 bits per heavy atom. The smallest absolute Gasteiger partial charge is 0.444 e. The van der Waals surface area contributed by atoms with Crippen molar-refractivity contribution in [3.63, 3.8) is 0 Å². The Kier molecular flexibility index (Phi) is 4.29. The third-order valence-electron chi connectivity index (χ3n) is 3.60. The van der Waals surface area contributed by atoms with E-state index in [2.05, 4.69) is 15.6 Å². The Morgan fingerprint density at radius 1 is 1.52 bits per heavy atom. The van der Waals surface area contributed by atoms with Crippen molar-refractivity contribution in [3.8, 4) is 0 Å². The number of amides is 1. The van der Waals surface area contributed by atoms with Gasteiger partial charge in [-0.1, -0.05) is 0 Å². The first-order valence-corrected chi connectivity index (χ1v) is 7.08. The minimum absolute atomic E-state index is 0.290. The molecule has 7 nitrogen and oxygen atoms in total. The van der Waals surface area contributed by atoms with Crippen molar-refractivity contribution in [2.24, 2.45) is 4.99 Å². The molecule has 1 saturated carbocycles. The summed E-state index contributed by atoms with van der Waals surface area (Å²) < 4.78 is 5.29. The van der Waals surface area contributed by atoms with Crippen LogP contribution in [-0.4, -0.2) is 46.8 Å². The topological polar surface area (TPSA) is 103 Å².